The highest BCUT2D eigenvalue weighted by atomic mass is 127. The molecule has 2 aromatic rings. The van der Waals surface area contributed by atoms with Crippen molar-refractivity contribution in [3.63, 3.8) is 0 Å². The van der Waals surface area contributed by atoms with Crippen LogP contribution in [0.15, 0.2) is 41.4 Å². The lowest BCUT2D eigenvalue weighted by Crippen LogP contribution is -2.36. The maximum Gasteiger partial charge on any atom is 0.253 e. The third-order valence-electron chi connectivity index (χ3n) is 4.69. The van der Waals surface area contributed by atoms with Crippen molar-refractivity contribution in [1.29, 1.82) is 0 Å². The summed E-state index contributed by atoms with van der Waals surface area (Å²) in [6.07, 6.45) is 0.831. The second-order valence-electron chi connectivity index (χ2n) is 7.40. The lowest BCUT2D eigenvalue weighted by atomic mass is 10.1. The molecule has 2 aromatic carbocycles. The fourth-order valence-corrected chi connectivity index (χ4v) is 3.38. The summed E-state index contributed by atoms with van der Waals surface area (Å²) < 4.78 is 11.4. The van der Waals surface area contributed by atoms with Gasteiger partial charge in [-0.2, -0.15) is 0 Å². The van der Waals surface area contributed by atoms with Crippen LogP contribution in [0, 0.1) is 0 Å². The molecule has 174 valence electrons. The number of carbonyl (C=O) groups excluding carboxylic acids is 1. The van der Waals surface area contributed by atoms with E-state index in [0.717, 1.165) is 24.1 Å². The number of rotatable bonds is 6. The van der Waals surface area contributed by atoms with E-state index in [1.165, 1.54) is 0 Å². The van der Waals surface area contributed by atoms with Gasteiger partial charge in [-0.05, 0) is 42.3 Å². The number of ether oxygens (including phenoxy) is 2. The highest BCUT2D eigenvalue weighted by molar-refractivity contribution is 14.0. The second kappa shape index (κ2) is 12.7. The molecule has 0 aromatic heterocycles. The summed E-state index contributed by atoms with van der Waals surface area (Å²) in [7, 11) is 3.49. The van der Waals surface area contributed by atoms with Crippen LogP contribution in [0.3, 0.4) is 0 Å². The molecule has 9 heteroatoms. The van der Waals surface area contributed by atoms with Crippen LogP contribution >= 0.6 is 35.6 Å². The zero-order chi connectivity index (χ0) is 22.2. The predicted octanol–water partition coefficient (Wildman–Crippen LogP) is 4.08. The molecule has 0 fully saturated rings. The molecule has 3 rings (SSSR count). The van der Waals surface area contributed by atoms with E-state index >= 15 is 0 Å². The van der Waals surface area contributed by atoms with Crippen LogP contribution in [-0.2, 0) is 13.1 Å². The summed E-state index contributed by atoms with van der Waals surface area (Å²) in [5.41, 5.74) is 2.66. The summed E-state index contributed by atoms with van der Waals surface area (Å²) in [6.45, 7) is 5.00. The fraction of sp³-hybridized carbons (Fsp3) is 0.391. The summed E-state index contributed by atoms with van der Waals surface area (Å²) in [4.78, 5) is 18.2. The van der Waals surface area contributed by atoms with Gasteiger partial charge in [-0.25, -0.2) is 4.99 Å². The number of halogens is 2. The van der Waals surface area contributed by atoms with Gasteiger partial charge in [0, 0.05) is 39.2 Å². The average molecular weight is 573 g/mol. The maximum atomic E-state index is 12.0. The number of nitrogens with zero attached hydrogens (tertiary/aromatic N) is 2. The largest absolute Gasteiger partial charge is 0.489 e. The van der Waals surface area contributed by atoms with E-state index in [2.05, 4.69) is 15.6 Å². The monoisotopic (exact) mass is 572 g/mol. The van der Waals surface area contributed by atoms with Crippen LogP contribution in [-0.4, -0.2) is 50.6 Å². The molecule has 0 aliphatic carbocycles. The first kappa shape index (κ1) is 26.1. The molecule has 2 N–H and O–H groups in total. The van der Waals surface area contributed by atoms with Crippen molar-refractivity contribution >= 4 is 47.4 Å². The lowest BCUT2D eigenvalue weighted by molar-refractivity contribution is 0.0827. The van der Waals surface area contributed by atoms with E-state index < -0.39 is 0 Å². The third-order valence-corrected chi connectivity index (χ3v) is 4.97. The van der Waals surface area contributed by atoms with Crippen molar-refractivity contribution in [2.45, 2.75) is 26.4 Å². The summed E-state index contributed by atoms with van der Waals surface area (Å²) >= 11 is 6.38. The number of benzene rings is 2. The van der Waals surface area contributed by atoms with Crippen LogP contribution in [0.4, 0.5) is 0 Å². The standard InChI is InChI=1S/C23H29ClN4O3.HI/c1-4-25-23(26-14-16-6-8-18(9-7-16)22(29)28(2)3)27-15-17-12-19(24)21-20(13-17)30-10-5-11-31-21;/h6-9,12-13H,4-5,10-11,14-15H2,1-3H3,(H2,25,26,27);1H. The first-order valence-electron chi connectivity index (χ1n) is 10.4. The Labute approximate surface area is 211 Å². The van der Waals surface area contributed by atoms with Gasteiger partial charge in [0.2, 0.25) is 0 Å². The van der Waals surface area contributed by atoms with Gasteiger partial charge in [-0.1, -0.05) is 23.7 Å². The van der Waals surface area contributed by atoms with Crippen LogP contribution in [0.2, 0.25) is 5.02 Å². The molecule has 32 heavy (non-hydrogen) atoms. The van der Waals surface area contributed by atoms with E-state index in [-0.39, 0.29) is 29.9 Å². The number of amides is 1. The maximum absolute atomic E-state index is 12.0. The second-order valence-corrected chi connectivity index (χ2v) is 7.81. The normalized spacial score (nSPS) is 12.9. The molecule has 1 aliphatic heterocycles. The third kappa shape index (κ3) is 7.16. The summed E-state index contributed by atoms with van der Waals surface area (Å²) in [6, 6.07) is 11.3. The van der Waals surface area contributed by atoms with Gasteiger partial charge >= 0.3 is 0 Å². The molecule has 1 amide bonds. The molecular formula is C23H30ClIN4O3. The zero-order valence-electron chi connectivity index (χ0n) is 18.6. The SMILES string of the molecule is CCNC(=NCc1cc(Cl)c2c(c1)OCCCO2)NCc1ccc(C(=O)N(C)C)cc1.I. The van der Waals surface area contributed by atoms with E-state index in [0.29, 0.717) is 54.3 Å². The Balaban J connectivity index is 0.00000363. The number of nitrogens with one attached hydrogen (secondary N) is 2. The molecule has 0 bridgehead atoms. The highest BCUT2D eigenvalue weighted by Crippen LogP contribution is 2.38. The minimum Gasteiger partial charge on any atom is -0.489 e. The number of fused-ring (bicyclic) bond motifs is 1. The Hall–Kier alpha value is -2.20. The number of hydrogen-bond donors (Lipinski definition) is 2. The highest BCUT2D eigenvalue weighted by Gasteiger charge is 2.15. The Bertz CT molecular complexity index is 936. The molecule has 0 spiro atoms. The molecule has 0 saturated heterocycles. The predicted molar refractivity (Wildman–Crippen MR) is 139 cm³/mol. The van der Waals surface area contributed by atoms with Gasteiger partial charge in [0.1, 0.15) is 0 Å². The molecule has 0 unspecified atom stereocenters. The lowest BCUT2D eigenvalue weighted by Gasteiger charge is -2.14. The van der Waals surface area contributed by atoms with Crippen LogP contribution in [0.25, 0.3) is 0 Å². The number of carbonyl (C=O) groups is 1. The van der Waals surface area contributed by atoms with Gasteiger partial charge < -0.3 is 25.0 Å². The Morgan fingerprint density at radius 3 is 2.50 bits per heavy atom. The smallest absolute Gasteiger partial charge is 0.253 e. The van der Waals surface area contributed by atoms with Crippen LogP contribution in [0.1, 0.15) is 34.8 Å². The minimum atomic E-state index is -0.0109. The van der Waals surface area contributed by atoms with Crippen molar-refractivity contribution in [3.05, 3.63) is 58.1 Å². The van der Waals surface area contributed by atoms with Crippen molar-refractivity contribution in [2.24, 2.45) is 4.99 Å². The number of guanidine groups is 1. The van der Waals surface area contributed by atoms with E-state index in [4.69, 9.17) is 21.1 Å². The average Bonchev–Trinajstić information content (AvgIpc) is 3.01. The zero-order valence-corrected chi connectivity index (χ0v) is 21.7. The Morgan fingerprint density at radius 1 is 1.09 bits per heavy atom. The summed E-state index contributed by atoms with van der Waals surface area (Å²) in [5.74, 6) is 1.95. The quantitative estimate of drug-likeness (QED) is 0.310. The van der Waals surface area contributed by atoms with Crippen molar-refractivity contribution in [3.8, 4) is 11.5 Å². The minimum absolute atomic E-state index is 0. The van der Waals surface area contributed by atoms with Gasteiger partial charge in [-0.3, -0.25) is 4.79 Å². The molecule has 7 nitrogen and oxygen atoms in total. The Kier molecular flexibility index (Phi) is 10.4. The van der Waals surface area contributed by atoms with E-state index in [1.54, 1.807) is 19.0 Å². The van der Waals surface area contributed by atoms with Gasteiger partial charge in [0.05, 0.1) is 24.8 Å². The molecule has 0 saturated carbocycles. The van der Waals surface area contributed by atoms with Gasteiger partial charge in [0.25, 0.3) is 5.91 Å². The fourth-order valence-electron chi connectivity index (χ4n) is 3.10. The molecule has 0 atom stereocenters. The molecule has 1 aliphatic rings. The van der Waals surface area contributed by atoms with E-state index in [9.17, 15) is 4.79 Å². The van der Waals surface area contributed by atoms with Crippen molar-refractivity contribution in [1.82, 2.24) is 15.5 Å². The Morgan fingerprint density at radius 2 is 1.81 bits per heavy atom. The first-order chi connectivity index (χ1) is 15.0. The molecule has 1 heterocycles. The van der Waals surface area contributed by atoms with Gasteiger partial charge in [0.15, 0.2) is 17.5 Å². The van der Waals surface area contributed by atoms with Crippen LogP contribution < -0.4 is 20.1 Å². The number of hydrogen-bond acceptors (Lipinski definition) is 4. The number of aliphatic imine (C=N–C) groups is 1. The van der Waals surface area contributed by atoms with Crippen molar-refractivity contribution < 1.29 is 14.3 Å². The molecular weight excluding hydrogens is 543 g/mol. The van der Waals surface area contributed by atoms with Gasteiger partial charge in [-0.15, -0.1) is 24.0 Å². The van der Waals surface area contributed by atoms with E-state index in [1.807, 2.05) is 43.3 Å². The van der Waals surface area contributed by atoms with Crippen molar-refractivity contribution in [2.75, 3.05) is 33.9 Å². The van der Waals surface area contributed by atoms with Crippen LogP contribution in [0.5, 0.6) is 11.5 Å². The first-order valence-corrected chi connectivity index (χ1v) is 10.8. The molecule has 0 radical (unpaired) electrons. The topological polar surface area (TPSA) is 75.2 Å². The summed E-state index contributed by atoms with van der Waals surface area (Å²) in [5, 5.41) is 7.10.